The highest BCUT2D eigenvalue weighted by Crippen LogP contribution is 2.31. The van der Waals surface area contributed by atoms with Gasteiger partial charge in [0.1, 0.15) is 11.6 Å². The van der Waals surface area contributed by atoms with Crippen LogP contribution in [0.1, 0.15) is 29.2 Å². The van der Waals surface area contributed by atoms with Gasteiger partial charge in [-0.3, -0.25) is 4.79 Å². The fraction of sp³-hybridized carbons (Fsp3) is 0.231. The average Bonchev–Trinajstić information content (AvgIpc) is 3.47. The number of nitrogens with one attached hydrogen (secondary N) is 1. The van der Waals surface area contributed by atoms with Gasteiger partial charge in [0.25, 0.3) is 0 Å². The van der Waals surface area contributed by atoms with E-state index in [-0.39, 0.29) is 25.4 Å². The number of nitrogens with zero attached hydrogens (tertiary/aromatic N) is 3. The molecule has 264 valence electrons. The molecular weight excluding hydrogens is 659 g/mol. The molecule has 0 bridgehead atoms. The lowest BCUT2D eigenvalue weighted by Gasteiger charge is -2.23. The number of alkyl halides is 3. The first-order valence-electron chi connectivity index (χ1n) is 16.5. The Hall–Kier alpha value is -5.43. The number of amides is 1. The Morgan fingerprint density at radius 2 is 1.61 bits per heavy atom. The fourth-order valence-electron chi connectivity index (χ4n) is 6.34. The topological polar surface area (TPSA) is 126 Å². The lowest BCUT2D eigenvalue weighted by atomic mass is 10.0. The van der Waals surface area contributed by atoms with Crippen molar-refractivity contribution in [3.05, 3.63) is 126 Å². The summed E-state index contributed by atoms with van der Waals surface area (Å²) in [5.41, 5.74) is 11.4. The molecule has 6 rings (SSSR count). The predicted octanol–water partition coefficient (Wildman–Crippen LogP) is 6.30. The van der Waals surface area contributed by atoms with E-state index in [0.29, 0.717) is 37.5 Å². The fourth-order valence-corrected chi connectivity index (χ4v) is 6.34. The van der Waals surface area contributed by atoms with Crippen molar-refractivity contribution in [1.82, 2.24) is 14.9 Å². The van der Waals surface area contributed by atoms with Crippen molar-refractivity contribution in [2.45, 2.75) is 31.9 Å². The number of imidazole rings is 1. The molecule has 1 unspecified atom stereocenters. The van der Waals surface area contributed by atoms with E-state index in [9.17, 15) is 28.2 Å². The summed E-state index contributed by atoms with van der Waals surface area (Å²) in [6, 6.07) is 32.9. The molecule has 5 N–H and O–H groups in total. The molecule has 0 saturated carbocycles. The third-order valence-electron chi connectivity index (χ3n) is 8.73. The van der Waals surface area contributed by atoms with E-state index in [1.807, 2.05) is 76.2 Å². The highest BCUT2D eigenvalue weighted by Gasteiger charge is 2.31. The number of aliphatic hydroxyl groups is 2. The molecule has 51 heavy (non-hydrogen) atoms. The number of benzene rings is 5. The zero-order valence-electron chi connectivity index (χ0n) is 27.7. The Morgan fingerprint density at radius 1 is 0.902 bits per heavy atom. The van der Waals surface area contributed by atoms with Gasteiger partial charge in [-0.15, -0.1) is 13.2 Å². The van der Waals surface area contributed by atoms with E-state index in [1.165, 1.54) is 12.1 Å². The Kier molecular flexibility index (Phi) is 10.8. The molecular formula is C39H38F3N5O4. The molecule has 12 heteroatoms. The third kappa shape index (κ3) is 8.66. The number of carbonyl (C=O) groups excluding carboxylic acids is 1. The maximum Gasteiger partial charge on any atom is 0.573 e. The van der Waals surface area contributed by atoms with Gasteiger partial charge >= 0.3 is 6.36 Å². The SMILES string of the molecule is NC(=O)CC(NCc1cccc2ccccc12)c1ccc2c(c1)nc(-c1ccc(N(CCO)CCO)cc1)n2Cc1ccc(OC(F)(F)F)cc1. The van der Waals surface area contributed by atoms with Gasteiger partial charge in [0.05, 0.1) is 24.2 Å². The third-order valence-corrected chi connectivity index (χ3v) is 8.73. The van der Waals surface area contributed by atoms with E-state index < -0.39 is 18.3 Å². The van der Waals surface area contributed by atoms with Crippen LogP contribution in [-0.4, -0.2) is 58.3 Å². The second-order valence-electron chi connectivity index (χ2n) is 12.2. The Bertz CT molecular complexity index is 2090. The van der Waals surface area contributed by atoms with Crippen LogP contribution >= 0.6 is 0 Å². The van der Waals surface area contributed by atoms with Crippen molar-refractivity contribution < 1.29 is 32.9 Å². The van der Waals surface area contributed by atoms with Gasteiger partial charge in [0, 0.05) is 49.9 Å². The second-order valence-corrected chi connectivity index (χ2v) is 12.2. The van der Waals surface area contributed by atoms with Crippen LogP contribution in [0.2, 0.25) is 0 Å². The summed E-state index contributed by atoms with van der Waals surface area (Å²) in [7, 11) is 0. The number of nitrogens with two attached hydrogens (primary N) is 1. The van der Waals surface area contributed by atoms with Crippen molar-refractivity contribution in [3.63, 3.8) is 0 Å². The highest BCUT2D eigenvalue weighted by atomic mass is 19.4. The van der Waals surface area contributed by atoms with Gasteiger partial charge in [0.15, 0.2) is 0 Å². The zero-order valence-corrected chi connectivity index (χ0v) is 27.7. The van der Waals surface area contributed by atoms with E-state index >= 15 is 0 Å². The van der Waals surface area contributed by atoms with Crippen LogP contribution in [0.3, 0.4) is 0 Å². The molecule has 1 amide bonds. The molecule has 1 aromatic heterocycles. The van der Waals surface area contributed by atoms with Gasteiger partial charge in [-0.05, 0) is 76.0 Å². The molecule has 6 aromatic rings. The van der Waals surface area contributed by atoms with E-state index in [4.69, 9.17) is 10.7 Å². The number of halogens is 3. The van der Waals surface area contributed by atoms with Crippen LogP contribution in [0.25, 0.3) is 33.2 Å². The van der Waals surface area contributed by atoms with Crippen molar-refractivity contribution in [1.29, 1.82) is 0 Å². The molecule has 0 saturated heterocycles. The van der Waals surface area contributed by atoms with Crippen molar-refractivity contribution >= 4 is 33.4 Å². The summed E-state index contributed by atoms with van der Waals surface area (Å²) in [5.74, 6) is -0.143. The first-order chi connectivity index (χ1) is 24.6. The Balaban J connectivity index is 1.36. The maximum atomic E-state index is 12.8. The number of primary amides is 1. The molecule has 0 aliphatic heterocycles. The van der Waals surface area contributed by atoms with E-state index in [2.05, 4.69) is 28.3 Å². The summed E-state index contributed by atoms with van der Waals surface area (Å²) in [5, 5.41) is 24.8. The van der Waals surface area contributed by atoms with Gasteiger partial charge < -0.3 is 35.5 Å². The summed E-state index contributed by atoms with van der Waals surface area (Å²) in [4.78, 5) is 19.1. The minimum atomic E-state index is -4.79. The number of carbonyl (C=O) groups is 1. The summed E-state index contributed by atoms with van der Waals surface area (Å²) in [6.07, 6.45) is -4.73. The molecule has 5 aromatic carbocycles. The number of fused-ring (bicyclic) bond motifs is 2. The lowest BCUT2D eigenvalue weighted by molar-refractivity contribution is -0.274. The number of aromatic nitrogens is 2. The second kappa shape index (κ2) is 15.6. The predicted molar refractivity (Wildman–Crippen MR) is 191 cm³/mol. The highest BCUT2D eigenvalue weighted by molar-refractivity contribution is 5.86. The average molecular weight is 698 g/mol. The number of aliphatic hydroxyl groups excluding tert-OH is 2. The number of hydrogen-bond donors (Lipinski definition) is 4. The molecule has 0 aliphatic rings. The van der Waals surface area contributed by atoms with Crippen LogP contribution in [0.4, 0.5) is 18.9 Å². The Morgan fingerprint density at radius 3 is 2.29 bits per heavy atom. The van der Waals surface area contributed by atoms with Gasteiger partial charge in [-0.1, -0.05) is 60.7 Å². The quantitative estimate of drug-likeness (QED) is 0.0993. The molecule has 0 spiro atoms. The number of ether oxygens (including phenoxy) is 1. The van der Waals surface area contributed by atoms with E-state index in [1.54, 1.807) is 12.1 Å². The van der Waals surface area contributed by atoms with Crippen LogP contribution in [0.5, 0.6) is 5.75 Å². The zero-order chi connectivity index (χ0) is 36.0. The normalized spacial score (nSPS) is 12.3. The molecule has 1 heterocycles. The summed E-state index contributed by atoms with van der Waals surface area (Å²) >= 11 is 0. The number of anilines is 1. The van der Waals surface area contributed by atoms with Crippen molar-refractivity contribution in [2.24, 2.45) is 5.73 Å². The van der Waals surface area contributed by atoms with Crippen LogP contribution < -0.4 is 20.7 Å². The lowest BCUT2D eigenvalue weighted by Crippen LogP contribution is -2.29. The molecule has 0 aliphatic carbocycles. The summed E-state index contributed by atoms with van der Waals surface area (Å²) in [6.45, 7) is 1.37. The minimum absolute atomic E-state index is 0.0653. The standard InChI is InChI=1S/C39H38F3N5O4/c40-39(41,42)51-32-15-8-26(9-16-32)25-47-36-17-12-29(34(23-37(43)50)44-24-30-6-3-5-27-4-1-2-7-33(27)30)22-35(36)45-38(47)28-10-13-31(14-11-28)46(18-20-48)19-21-49/h1-17,22,34,44,48-49H,18-21,23-25H2,(H2,43,50). The molecule has 1 atom stereocenters. The van der Waals surface area contributed by atoms with Crippen molar-refractivity contribution in [2.75, 3.05) is 31.2 Å². The summed E-state index contributed by atoms with van der Waals surface area (Å²) < 4.78 is 44.4. The first-order valence-corrected chi connectivity index (χ1v) is 16.5. The monoisotopic (exact) mass is 697 g/mol. The van der Waals surface area contributed by atoms with Gasteiger partial charge in [-0.25, -0.2) is 4.98 Å². The molecule has 9 nitrogen and oxygen atoms in total. The Labute approximate surface area is 292 Å². The van der Waals surface area contributed by atoms with Gasteiger partial charge in [0.2, 0.25) is 5.91 Å². The van der Waals surface area contributed by atoms with Crippen molar-refractivity contribution in [3.8, 4) is 17.1 Å². The smallest absolute Gasteiger partial charge is 0.406 e. The first kappa shape index (κ1) is 35.4. The number of hydrogen-bond acceptors (Lipinski definition) is 7. The molecule has 0 fully saturated rings. The molecule has 0 radical (unpaired) electrons. The number of rotatable bonds is 15. The minimum Gasteiger partial charge on any atom is -0.406 e. The van der Waals surface area contributed by atoms with Crippen LogP contribution in [0, 0.1) is 0 Å². The van der Waals surface area contributed by atoms with E-state index in [0.717, 1.165) is 44.2 Å². The van der Waals surface area contributed by atoms with Crippen LogP contribution in [0.15, 0.2) is 109 Å². The van der Waals surface area contributed by atoms with Gasteiger partial charge in [-0.2, -0.15) is 0 Å². The maximum absolute atomic E-state index is 12.8. The largest absolute Gasteiger partial charge is 0.573 e. The van der Waals surface area contributed by atoms with Crippen LogP contribution in [-0.2, 0) is 17.9 Å².